The Bertz CT molecular complexity index is 491. The topological polar surface area (TPSA) is 24.9 Å². The van der Waals surface area contributed by atoms with Crippen LogP contribution >= 0.6 is 0 Å². The molecule has 0 radical (unpaired) electrons. The van der Waals surface area contributed by atoms with Gasteiger partial charge in [0.05, 0.1) is 5.52 Å². The second-order valence-electron chi connectivity index (χ2n) is 5.06. The summed E-state index contributed by atoms with van der Waals surface area (Å²) in [7, 11) is 0. The van der Waals surface area contributed by atoms with E-state index in [1.807, 2.05) is 18.2 Å². The molecule has 1 N–H and O–H groups in total. The summed E-state index contributed by atoms with van der Waals surface area (Å²) in [5, 5.41) is 4.64. The highest BCUT2D eigenvalue weighted by molar-refractivity contribution is 5.80. The van der Waals surface area contributed by atoms with Gasteiger partial charge in [-0.15, -0.1) is 0 Å². The van der Waals surface area contributed by atoms with Crippen molar-refractivity contribution in [2.45, 2.75) is 33.2 Å². The fourth-order valence-corrected chi connectivity index (χ4v) is 2.16. The molecule has 1 atom stereocenters. The first-order valence-corrected chi connectivity index (χ1v) is 6.27. The molecular weight excluding hydrogens is 208 g/mol. The summed E-state index contributed by atoms with van der Waals surface area (Å²) in [4.78, 5) is 4.61. The molecule has 2 nitrogen and oxygen atoms in total. The lowest BCUT2D eigenvalue weighted by atomic mass is 10.1. The summed E-state index contributed by atoms with van der Waals surface area (Å²) < 4.78 is 0. The maximum Gasteiger partial charge on any atom is 0.126 e. The zero-order valence-electron chi connectivity index (χ0n) is 10.8. The number of anilines is 1. The van der Waals surface area contributed by atoms with Crippen LogP contribution in [0.5, 0.6) is 0 Å². The molecule has 1 aromatic heterocycles. The predicted molar refractivity (Wildman–Crippen MR) is 74.3 cm³/mol. The monoisotopic (exact) mass is 228 g/mol. The summed E-state index contributed by atoms with van der Waals surface area (Å²) in [6.07, 6.45) is 1.16. The molecule has 0 bridgehead atoms. The second kappa shape index (κ2) is 5.17. The third-order valence-electron chi connectivity index (χ3n) is 2.82. The van der Waals surface area contributed by atoms with Crippen LogP contribution in [0.15, 0.2) is 36.4 Å². The Hall–Kier alpha value is -1.57. The highest BCUT2D eigenvalue weighted by atomic mass is 15.0. The Kier molecular flexibility index (Phi) is 3.62. The van der Waals surface area contributed by atoms with Gasteiger partial charge in [-0.2, -0.15) is 0 Å². The molecule has 17 heavy (non-hydrogen) atoms. The van der Waals surface area contributed by atoms with Crippen molar-refractivity contribution in [3.8, 4) is 0 Å². The second-order valence-corrected chi connectivity index (χ2v) is 5.06. The van der Waals surface area contributed by atoms with Crippen LogP contribution in [0.1, 0.15) is 27.2 Å². The maximum absolute atomic E-state index is 4.61. The third-order valence-corrected chi connectivity index (χ3v) is 2.82. The largest absolute Gasteiger partial charge is 0.368 e. The average Bonchev–Trinajstić information content (AvgIpc) is 2.27. The fraction of sp³-hybridized carbons (Fsp3) is 0.400. The summed E-state index contributed by atoms with van der Waals surface area (Å²) in [5.41, 5.74) is 1.05. The van der Waals surface area contributed by atoms with Crippen LogP contribution < -0.4 is 5.32 Å². The van der Waals surface area contributed by atoms with Crippen LogP contribution in [0.25, 0.3) is 10.9 Å². The Balaban J connectivity index is 2.14. The van der Waals surface area contributed by atoms with E-state index in [-0.39, 0.29) is 0 Å². The number of fused-ring (bicyclic) bond motifs is 1. The van der Waals surface area contributed by atoms with Crippen LogP contribution in [0, 0.1) is 5.92 Å². The smallest absolute Gasteiger partial charge is 0.126 e. The molecule has 0 amide bonds. The van der Waals surface area contributed by atoms with E-state index in [4.69, 9.17) is 0 Å². The van der Waals surface area contributed by atoms with Gasteiger partial charge in [-0.3, -0.25) is 0 Å². The first-order valence-electron chi connectivity index (χ1n) is 6.27. The van der Waals surface area contributed by atoms with Crippen molar-refractivity contribution in [3.05, 3.63) is 36.4 Å². The molecule has 1 unspecified atom stereocenters. The molecule has 0 aliphatic rings. The van der Waals surface area contributed by atoms with E-state index in [2.05, 4.69) is 49.3 Å². The molecule has 2 aromatic rings. The number of rotatable bonds is 4. The minimum Gasteiger partial charge on any atom is -0.368 e. The lowest BCUT2D eigenvalue weighted by molar-refractivity contribution is 0.539. The predicted octanol–water partition coefficient (Wildman–Crippen LogP) is 4.08. The summed E-state index contributed by atoms with van der Waals surface area (Å²) in [6.45, 7) is 6.69. The van der Waals surface area contributed by atoms with Gasteiger partial charge in [0.25, 0.3) is 0 Å². The Labute approximate surface area is 103 Å². The van der Waals surface area contributed by atoms with Crippen molar-refractivity contribution in [1.82, 2.24) is 4.98 Å². The highest BCUT2D eigenvalue weighted by Crippen LogP contribution is 2.16. The van der Waals surface area contributed by atoms with E-state index in [0.29, 0.717) is 12.0 Å². The van der Waals surface area contributed by atoms with Crippen molar-refractivity contribution in [1.29, 1.82) is 0 Å². The molecule has 0 aliphatic carbocycles. The van der Waals surface area contributed by atoms with Crippen molar-refractivity contribution < 1.29 is 0 Å². The Morgan fingerprint density at radius 2 is 1.82 bits per heavy atom. The molecule has 0 aliphatic heterocycles. The summed E-state index contributed by atoms with van der Waals surface area (Å²) in [5.74, 6) is 1.68. The number of aromatic nitrogens is 1. The SMILES string of the molecule is CC(C)CC(C)Nc1ccc2ccccc2n1. The molecular formula is C15H20N2. The zero-order chi connectivity index (χ0) is 12.3. The van der Waals surface area contributed by atoms with E-state index in [0.717, 1.165) is 17.8 Å². The first-order chi connectivity index (χ1) is 8.15. The molecule has 1 heterocycles. The number of nitrogens with one attached hydrogen (secondary N) is 1. The average molecular weight is 228 g/mol. The van der Waals surface area contributed by atoms with Crippen molar-refractivity contribution in [2.75, 3.05) is 5.32 Å². The van der Waals surface area contributed by atoms with E-state index < -0.39 is 0 Å². The summed E-state index contributed by atoms with van der Waals surface area (Å²) >= 11 is 0. The molecule has 2 heteroatoms. The van der Waals surface area contributed by atoms with Gasteiger partial charge in [-0.05, 0) is 37.5 Å². The van der Waals surface area contributed by atoms with Gasteiger partial charge >= 0.3 is 0 Å². The Morgan fingerprint density at radius 1 is 1.06 bits per heavy atom. The molecule has 1 aromatic carbocycles. The molecule has 0 fully saturated rings. The quantitative estimate of drug-likeness (QED) is 0.852. The minimum atomic E-state index is 0.462. The lowest BCUT2D eigenvalue weighted by Crippen LogP contribution is -2.18. The molecule has 90 valence electrons. The highest BCUT2D eigenvalue weighted by Gasteiger charge is 2.05. The normalized spacial score (nSPS) is 12.9. The number of pyridine rings is 1. The van der Waals surface area contributed by atoms with Crippen LogP contribution in [0.4, 0.5) is 5.82 Å². The first kappa shape index (κ1) is 11.9. The fourth-order valence-electron chi connectivity index (χ4n) is 2.16. The molecule has 0 spiro atoms. The van der Waals surface area contributed by atoms with Gasteiger partial charge in [-0.25, -0.2) is 4.98 Å². The molecule has 0 saturated heterocycles. The standard InChI is InChI=1S/C15H20N2/c1-11(2)10-12(3)16-15-9-8-13-6-4-5-7-14(13)17-15/h4-9,11-12H,10H2,1-3H3,(H,16,17). The zero-order valence-corrected chi connectivity index (χ0v) is 10.8. The molecule has 2 rings (SSSR count). The van der Waals surface area contributed by atoms with Gasteiger partial charge in [0.1, 0.15) is 5.82 Å². The number of hydrogen-bond donors (Lipinski definition) is 1. The van der Waals surface area contributed by atoms with Crippen molar-refractivity contribution in [3.63, 3.8) is 0 Å². The van der Waals surface area contributed by atoms with Crippen molar-refractivity contribution >= 4 is 16.7 Å². The van der Waals surface area contributed by atoms with Crippen molar-refractivity contribution in [2.24, 2.45) is 5.92 Å². The van der Waals surface area contributed by atoms with Gasteiger partial charge in [-0.1, -0.05) is 32.0 Å². The van der Waals surface area contributed by atoms with Crippen LogP contribution in [0.3, 0.4) is 0 Å². The lowest BCUT2D eigenvalue weighted by Gasteiger charge is -2.16. The number of hydrogen-bond acceptors (Lipinski definition) is 2. The summed E-state index contributed by atoms with van der Waals surface area (Å²) in [6, 6.07) is 12.8. The van der Waals surface area contributed by atoms with Gasteiger partial charge in [0.15, 0.2) is 0 Å². The third kappa shape index (κ3) is 3.19. The number of nitrogens with zero attached hydrogens (tertiary/aromatic N) is 1. The number of benzene rings is 1. The van der Waals surface area contributed by atoms with E-state index >= 15 is 0 Å². The van der Waals surface area contributed by atoms with E-state index in [1.54, 1.807) is 0 Å². The Morgan fingerprint density at radius 3 is 2.59 bits per heavy atom. The minimum absolute atomic E-state index is 0.462. The van der Waals surface area contributed by atoms with Gasteiger partial charge in [0.2, 0.25) is 0 Å². The maximum atomic E-state index is 4.61. The van der Waals surface area contributed by atoms with Gasteiger partial charge in [0, 0.05) is 11.4 Å². The van der Waals surface area contributed by atoms with Gasteiger partial charge < -0.3 is 5.32 Å². The van der Waals surface area contributed by atoms with E-state index in [9.17, 15) is 0 Å². The van der Waals surface area contributed by atoms with Crippen LogP contribution in [0.2, 0.25) is 0 Å². The molecule has 0 saturated carbocycles. The van der Waals surface area contributed by atoms with Crippen LogP contribution in [-0.4, -0.2) is 11.0 Å². The van der Waals surface area contributed by atoms with E-state index in [1.165, 1.54) is 5.39 Å². The number of para-hydroxylation sites is 1. The van der Waals surface area contributed by atoms with Crippen LogP contribution in [-0.2, 0) is 0 Å².